The van der Waals surface area contributed by atoms with Crippen molar-refractivity contribution in [2.45, 2.75) is 6.92 Å². The fourth-order valence-electron chi connectivity index (χ4n) is 1.71. The highest BCUT2D eigenvalue weighted by Gasteiger charge is 2.06. The SMILES string of the molecule is COc1ccc(C)c(NC(=O)Nc2cccc(Cl)c2)c1. The third-order valence-electron chi connectivity index (χ3n) is 2.78. The standard InChI is InChI=1S/C15H15ClN2O2/c1-10-6-7-13(20-2)9-14(10)18-15(19)17-12-5-3-4-11(16)8-12/h3-9H,1-2H3,(H2,17,18,19). The van der Waals surface area contributed by atoms with Crippen LogP contribution in [0.25, 0.3) is 0 Å². The molecule has 2 N–H and O–H groups in total. The first-order chi connectivity index (χ1) is 9.58. The van der Waals surface area contributed by atoms with Crippen LogP contribution in [0.4, 0.5) is 16.2 Å². The van der Waals surface area contributed by atoms with Crippen molar-refractivity contribution in [1.29, 1.82) is 0 Å². The lowest BCUT2D eigenvalue weighted by Gasteiger charge is -2.11. The van der Waals surface area contributed by atoms with E-state index >= 15 is 0 Å². The Morgan fingerprint density at radius 3 is 2.65 bits per heavy atom. The Balaban J connectivity index is 2.08. The Bertz CT molecular complexity index is 629. The number of rotatable bonds is 3. The first-order valence-electron chi connectivity index (χ1n) is 6.06. The molecular formula is C15H15ClN2O2. The van der Waals surface area contributed by atoms with Gasteiger partial charge < -0.3 is 15.4 Å². The van der Waals surface area contributed by atoms with E-state index in [2.05, 4.69) is 10.6 Å². The molecule has 0 aliphatic rings. The minimum absolute atomic E-state index is 0.330. The first kappa shape index (κ1) is 14.2. The minimum Gasteiger partial charge on any atom is -0.497 e. The molecule has 0 saturated carbocycles. The van der Waals surface area contributed by atoms with Crippen molar-refractivity contribution >= 4 is 29.0 Å². The van der Waals surface area contributed by atoms with E-state index in [1.807, 2.05) is 19.1 Å². The number of nitrogens with one attached hydrogen (secondary N) is 2. The molecule has 0 aromatic heterocycles. The smallest absolute Gasteiger partial charge is 0.323 e. The van der Waals surface area contributed by atoms with Crippen LogP contribution in [0.3, 0.4) is 0 Å². The average Bonchev–Trinajstić information content (AvgIpc) is 2.41. The van der Waals surface area contributed by atoms with Crippen LogP contribution in [0.15, 0.2) is 42.5 Å². The van der Waals surface area contributed by atoms with Crippen LogP contribution in [0, 0.1) is 6.92 Å². The molecule has 0 radical (unpaired) electrons. The number of anilines is 2. The number of hydrogen-bond acceptors (Lipinski definition) is 2. The number of amides is 2. The number of carbonyl (C=O) groups is 1. The molecule has 2 rings (SSSR count). The molecule has 5 heteroatoms. The van der Waals surface area contributed by atoms with E-state index in [9.17, 15) is 4.79 Å². The molecule has 0 aliphatic heterocycles. The van der Waals surface area contributed by atoms with Gasteiger partial charge in [-0.15, -0.1) is 0 Å². The summed E-state index contributed by atoms with van der Waals surface area (Å²) in [4.78, 5) is 11.9. The predicted octanol–water partition coefficient (Wildman–Crippen LogP) is 4.30. The molecule has 0 bridgehead atoms. The predicted molar refractivity (Wildman–Crippen MR) is 81.8 cm³/mol. The van der Waals surface area contributed by atoms with Crippen molar-refractivity contribution in [1.82, 2.24) is 0 Å². The zero-order valence-corrected chi connectivity index (χ0v) is 12.0. The van der Waals surface area contributed by atoms with Crippen molar-refractivity contribution < 1.29 is 9.53 Å². The largest absolute Gasteiger partial charge is 0.497 e. The minimum atomic E-state index is -0.330. The summed E-state index contributed by atoms with van der Waals surface area (Å²) in [5.74, 6) is 0.689. The summed E-state index contributed by atoms with van der Waals surface area (Å²) in [6, 6.07) is 12.1. The number of ether oxygens (including phenoxy) is 1. The third kappa shape index (κ3) is 3.65. The molecule has 20 heavy (non-hydrogen) atoms. The zero-order valence-electron chi connectivity index (χ0n) is 11.2. The normalized spacial score (nSPS) is 9.95. The van der Waals surface area contributed by atoms with Gasteiger partial charge in [0.05, 0.1) is 7.11 Å². The molecule has 0 unspecified atom stereocenters. The molecule has 0 atom stereocenters. The number of aryl methyl sites for hydroxylation is 1. The van der Waals surface area contributed by atoms with E-state index in [0.717, 1.165) is 5.56 Å². The lowest BCUT2D eigenvalue weighted by atomic mass is 10.2. The molecule has 2 amide bonds. The van der Waals surface area contributed by atoms with Crippen LogP contribution in [0.2, 0.25) is 5.02 Å². The van der Waals surface area contributed by atoms with Gasteiger partial charge in [-0.2, -0.15) is 0 Å². The van der Waals surface area contributed by atoms with Crippen molar-refractivity contribution in [3.8, 4) is 5.75 Å². The molecular weight excluding hydrogens is 276 g/mol. The summed E-state index contributed by atoms with van der Waals surface area (Å²) in [6.07, 6.45) is 0. The number of methoxy groups -OCH3 is 1. The number of urea groups is 1. The average molecular weight is 291 g/mol. The quantitative estimate of drug-likeness (QED) is 0.885. The first-order valence-corrected chi connectivity index (χ1v) is 6.44. The van der Waals surface area contributed by atoms with E-state index < -0.39 is 0 Å². The van der Waals surface area contributed by atoms with Gasteiger partial charge in [0, 0.05) is 22.5 Å². The topological polar surface area (TPSA) is 50.4 Å². The lowest BCUT2D eigenvalue weighted by Crippen LogP contribution is -2.19. The van der Waals surface area contributed by atoms with Gasteiger partial charge in [-0.1, -0.05) is 23.7 Å². The summed E-state index contributed by atoms with van der Waals surface area (Å²) >= 11 is 5.87. The van der Waals surface area contributed by atoms with Gasteiger partial charge in [0.25, 0.3) is 0 Å². The highest BCUT2D eigenvalue weighted by atomic mass is 35.5. The van der Waals surface area contributed by atoms with E-state index in [1.165, 1.54) is 0 Å². The van der Waals surface area contributed by atoms with Crippen molar-refractivity contribution in [2.75, 3.05) is 17.7 Å². The summed E-state index contributed by atoms with van der Waals surface area (Å²) < 4.78 is 5.14. The second kappa shape index (κ2) is 6.30. The van der Waals surface area contributed by atoms with Gasteiger partial charge in [0.2, 0.25) is 0 Å². The monoisotopic (exact) mass is 290 g/mol. The van der Waals surface area contributed by atoms with E-state index in [0.29, 0.717) is 22.1 Å². The Morgan fingerprint density at radius 2 is 1.95 bits per heavy atom. The van der Waals surface area contributed by atoms with E-state index in [1.54, 1.807) is 37.4 Å². The number of halogens is 1. The zero-order chi connectivity index (χ0) is 14.5. The summed E-state index contributed by atoms with van der Waals surface area (Å²) in [5.41, 5.74) is 2.28. The van der Waals surface area contributed by atoms with Gasteiger partial charge in [0.1, 0.15) is 5.75 Å². The van der Waals surface area contributed by atoms with Gasteiger partial charge >= 0.3 is 6.03 Å². The van der Waals surface area contributed by atoms with Crippen LogP contribution < -0.4 is 15.4 Å². The van der Waals surface area contributed by atoms with Crippen molar-refractivity contribution in [3.63, 3.8) is 0 Å². The van der Waals surface area contributed by atoms with Crippen LogP contribution in [0.5, 0.6) is 5.75 Å². The second-order valence-corrected chi connectivity index (χ2v) is 4.71. The van der Waals surface area contributed by atoms with Gasteiger partial charge in [-0.3, -0.25) is 0 Å². The van der Waals surface area contributed by atoms with Crippen LogP contribution in [-0.4, -0.2) is 13.1 Å². The van der Waals surface area contributed by atoms with Gasteiger partial charge in [-0.05, 0) is 36.8 Å². The molecule has 4 nitrogen and oxygen atoms in total. The van der Waals surface area contributed by atoms with Crippen LogP contribution >= 0.6 is 11.6 Å². The Labute approximate surface area is 122 Å². The highest BCUT2D eigenvalue weighted by molar-refractivity contribution is 6.30. The Morgan fingerprint density at radius 1 is 1.15 bits per heavy atom. The highest BCUT2D eigenvalue weighted by Crippen LogP contribution is 2.22. The lowest BCUT2D eigenvalue weighted by molar-refractivity contribution is 0.262. The fourth-order valence-corrected chi connectivity index (χ4v) is 1.90. The molecule has 104 valence electrons. The fraction of sp³-hybridized carbons (Fsp3) is 0.133. The molecule has 2 aromatic rings. The van der Waals surface area contributed by atoms with Crippen molar-refractivity contribution in [2.24, 2.45) is 0 Å². The second-order valence-electron chi connectivity index (χ2n) is 4.27. The van der Waals surface area contributed by atoms with Crippen molar-refractivity contribution in [3.05, 3.63) is 53.1 Å². The maximum absolute atomic E-state index is 11.9. The van der Waals surface area contributed by atoms with E-state index in [-0.39, 0.29) is 6.03 Å². The van der Waals surface area contributed by atoms with E-state index in [4.69, 9.17) is 16.3 Å². The summed E-state index contributed by atoms with van der Waals surface area (Å²) in [7, 11) is 1.58. The Hall–Kier alpha value is -2.20. The number of benzene rings is 2. The van der Waals surface area contributed by atoms with Gasteiger partial charge in [-0.25, -0.2) is 4.79 Å². The molecule has 0 heterocycles. The third-order valence-corrected chi connectivity index (χ3v) is 3.01. The molecule has 2 aromatic carbocycles. The molecule has 0 spiro atoms. The molecule has 0 fully saturated rings. The molecule has 0 saturated heterocycles. The maximum Gasteiger partial charge on any atom is 0.323 e. The van der Waals surface area contributed by atoms with Crippen LogP contribution in [0.1, 0.15) is 5.56 Å². The summed E-state index contributed by atoms with van der Waals surface area (Å²) in [6.45, 7) is 1.91. The van der Waals surface area contributed by atoms with Gasteiger partial charge in [0.15, 0.2) is 0 Å². The Kier molecular flexibility index (Phi) is 4.48. The summed E-state index contributed by atoms with van der Waals surface area (Å²) in [5, 5.41) is 6.07. The maximum atomic E-state index is 11.9. The number of hydrogen-bond donors (Lipinski definition) is 2. The number of carbonyl (C=O) groups excluding carboxylic acids is 1. The molecule has 0 aliphatic carbocycles. The van der Waals surface area contributed by atoms with Crippen LogP contribution in [-0.2, 0) is 0 Å².